The third kappa shape index (κ3) is 3.61. The zero-order valence-corrected chi connectivity index (χ0v) is 11.1. The van der Waals surface area contributed by atoms with Gasteiger partial charge in [0.2, 0.25) is 0 Å². The number of benzene rings is 1. The second-order valence-electron chi connectivity index (χ2n) is 4.15. The summed E-state index contributed by atoms with van der Waals surface area (Å²) in [5.74, 6) is 1.69. The number of ether oxygens (including phenoxy) is 2. The molecule has 0 radical (unpaired) electrons. The van der Waals surface area contributed by atoms with E-state index in [4.69, 9.17) is 15.2 Å². The van der Waals surface area contributed by atoms with Gasteiger partial charge in [0.15, 0.2) is 0 Å². The molecule has 0 saturated carbocycles. The molecule has 1 aromatic rings. The van der Waals surface area contributed by atoms with Gasteiger partial charge < -0.3 is 20.1 Å². The van der Waals surface area contributed by atoms with E-state index in [2.05, 4.69) is 18.9 Å². The van der Waals surface area contributed by atoms with Gasteiger partial charge in [0, 0.05) is 31.3 Å². The summed E-state index contributed by atoms with van der Waals surface area (Å²) in [7, 11) is 5.39. The molecule has 4 heteroatoms. The second kappa shape index (κ2) is 6.47. The van der Waals surface area contributed by atoms with Crippen molar-refractivity contribution in [1.29, 1.82) is 0 Å². The van der Waals surface area contributed by atoms with E-state index in [0.717, 1.165) is 24.6 Å². The monoisotopic (exact) mass is 238 g/mol. The molecule has 0 aliphatic rings. The molecule has 0 aliphatic heterocycles. The number of likely N-dealkylation sites (N-methyl/N-ethyl adjacent to an activating group) is 1. The summed E-state index contributed by atoms with van der Waals surface area (Å²) in [6, 6.07) is 3.94. The van der Waals surface area contributed by atoms with Gasteiger partial charge in [0.05, 0.1) is 14.2 Å². The van der Waals surface area contributed by atoms with Crippen molar-refractivity contribution in [2.45, 2.75) is 13.5 Å². The van der Waals surface area contributed by atoms with Gasteiger partial charge in [0.25, 0.3) is 0 Å². The zero-order valence-electron chi connectivity index (χ0n) is 11.1. The van der Waals surface area contributed by atoms with E-state index in [1.54, 1.807) is 14.2 Å². The first-order valence-corrected chi connectivity index (χ1v) is 5.72. The molecule has 17 heavy (non-hydrogen) atoms. The Morgan fingerprint density at radius 3 is 2.47 bits per heavy atom. The van der Waals surface area contributed by atoms with Crippen LogP contribution >= 0.6 is 0 Å². The van der Waals surface area contributed by atoms with E-state index in [1.165, 1.54) is 11.1 Å². The molecule has 0 amide bonds. The van der Waals surface area contributed by atoms with Crippen molar-refractivity contribution in [2.75, 3.05) is 34.4 Å². The van der Waals surface area contributed by atoms with Gasteiger partial charge >= 0.3 is 0 Å². The molecule has 1 aromatic carbocycles. The number of nitrogens with zero attached hydrogens (tertiary/aromatic N) is 1. The Hall–Kier alpha value is -1.26. The van der Waals surface area contributed by atoms with Crippen molar-refractivity contribution in [2.24, 2.45) is 5.73 Å². The fourth-order valence-corrected chi connectivity index (χ4v) is 1.82. The largest absolute Gasteiger partial charge is 0.497 e. The average Bonchev–Trinajstić information content (AvgIpc) is 2.31. The number of hydrogen-bond donors (Lipinski definition) is 1. The fraction of sp³-hybridized carbons (Fsp3) is 0.538. The highest BCUT2D eigenvalue weighted by Gasteiger charge is 2.11. The SMILES string of the molecule is COc1cc(C)c(CN(C)CCN)c(OC)c1. The lowest BCUT2D eigenvalue weighted by molar-refractivity contribution is 0.323. The Morgan fingerprint density at radius 2 is 1.94 bits per heavy atom. The first-order chi connectivity index (χ1) is 8.12. The lowest BCUT2D eigenvalue weighted by Gasteiger charge is -2.20. The van der Waals surface area contributed by atoms with Crippen LogP contribution in [-0.2, 0) is 6.54 Å². The Morgan fingerprint density at radius 1 is 1.24 bits per heavy atom. The fourth-order valence-electron chi connectivity index (χ4n) is 1.82. The summed E-state index contributed by atoms with van der Waals surface area (Å²) in [6.45, 7) is 4.43. The minimum atomic E-state index is 0.661. The van der Waals surface area contributed by atoms with Crippen LogP contribution in [0.15, 0.2) is 12.1 Å². The maximum atomic E-state index is 5.54. The summed E-state index contributed by atoms with van der Waals surface area (Å²) >= 11 is 0. The van der Waals surface area contributed by atoms with Crippen molar-refractivity contribution in [3.63, 3.8) is 0 Å². The molecule has 4 nitrogen and oxygen atoms in total. The molecule has 96 valence electrons. The van der Waals surface area contributed by atoms with Crippen molar-refractivity contribution in [3.8, 4) is 11.5 Å². The summed E-state index contributed by atoms with van der Waals surface area (Å²) in [4.78, 5) is 2.18. The highest BCUT2D eigenvalue weighted by atomic mass is 16.5. The van der Waals surface area contributed by atoms with Gasteiger partial charge in [-0.2, -0.15) is 0 Å². The molecule has 2 N–H and O–H groups in total. The minimum absolute atomic E-state index is 0.661. The molecule has 0 bridgehead atoms. The highest BCUT2D eigenvalue weighted by Crippen LogP contribution is 2.29. The highest BCUT2D eigenvalue weighted by molar-refractivity contribution is 5.46. The van der Waals surface area contributed by atoms with Gasteiger partial charge in [0.1, 0.15) is 11.5 Å². The number of nitrogens with two attached hydrogens (primary N) is 1. The Kier molecular flexibility index (Phi) is 5.25. The van der Waals surface area contributed by atoms with Crippen molar-refractivity contribution in [1.82, 2.24) is 4.90 Å². The van der Waals surface area contributed by atoms with Crippen LogP contribution in [0.3, 0.4) is 0 Å². The van der Waals surface area contributed by atoms with Gasteiger partial charge in [-0.05, 0) is 25.6 Å². The third-order valence-corrected chi connectivity index (χ3v) is 2.80. The van der Waals surface area contributed by atoms with Gasteiger partial charge in [-0.15, -0.1) is 0 Å². The van der Waals surface area contributed by atoms with Crippen LogP contribution < -0.4 is 15.2 Å². The number of methoxy groups -OCH3 is 2. The van der Waals surface area contributed by atoms with Gasteiger partial charge in [-0.1, -0.05) is 0 Å². The quantitative estimate of drug-likeness (QED) is 0.814. The molecule has 0 spiro atoms. The third-order valence-electron chi connectivity index (χ3n) is 2.80. The molecule has 0 atom stereocenters. The number of aryl methyl sites for hydroxylation is 1. The molecule has 0 fully saturated rings. The summed E-state index contributed by atoms with van der Waals surface area (Å²) in [6.07, 6.45) is 0. The van der Waals surface area contributed by atoms with Crippen molar-refractivity contribution in [3.05, 3.63) is 23.3 Å². The van der Waals surface area contributed by atoms with Gasteiger partial charge in [-0.3, -0.25) is 0 Å². The molecular formula is C13H22N2O2. The van der Waals surface area contributed by atoms with Crippen LogP contribution in [0, 0.1) is 6.92 Å². The van der Waals surface area contributed by atoms with Crippen LogP contribution in [0.1, 0.15) is 11.1 Å². The van der Waals surface area contributed by atoms with Gasteiger partial charge in [-0.25, -0.2) is 0 Å². The average molecular weight is 238 g/mol. The Balaban J connectivity index is 2.97. The minimum Gasteiger partial charge on any atom is -0.497 e. The van der Waals surface area contributed by atoms with E-state index in [-0.39, 0.29) is 0 Å². The zero-order chi connectivity index (χ0) is 12.8. The maximum Gasteiger partial charge on any atom is 0.127 e. The smallest absolute Gasteiger partial charge is 0.127 e. The number of hydrogen-bond acceptors (Lipinski definition) is 4. The predicted octanol–water partition coefficient (Wildman–Crippen LogP) is 1.40. The van der Waals surface area contributed by atoms with E-state index in [9.17, 15) is 0 Å². The Labute approximate surface area is 103 Å². The van der Waals surface area contributed by atoms with E-state index in [0.29, 0.717) is 6.54 Å². The summed E-state index contributed by atoms with van der Waals surface area (Å²) in [5, 5.41) is 0. The van der Waals surface area contributed by atoms with Crippen LogP contribution in [0.25, 0.3) is 0 Å². The molecular weight excluding hydrogens is 216 g/mol. The first-order valence-electron chi connectivity index (χ1n) is 5.72. The standard InChI is InChI=1S/C13H22N2O2/c1-10-7-11(16-3)8-13(17-4)12(10)9-15(2)6-5-14/h7-8H,5-6,9,14H2,1-4H3. The first kappa shape index (κ1) is 13.8. The summed E-state index contributed by atoms with van der Waals surface area (Å²) < 4.78 is 10.6. The molecule has 0 aromatic heterocycles. The van der Waals surface area contributed by atoms with E-state index >= 15 is 0 Å². The maximum absolute atomic E-state index is 5.54. The van der Waals surface area contributed by atoms with Crippen LogP contribution in [0.4, 0.5) is 0 Å². The molecule has 0 unspecified atom stereocenters. The van der Waals surface area contributed by atoms with E-state index in [1.807, 2.05) is 12.1 Å². The summed E-state index contributed by atoms with van der Waals surface area (Å²) in [5.41, 5.74) is 7.90. The number of rotatable bonds is 6. The normalized spacial score (nSPS) is 10.7. The lowest BCUT2D eigenvalue weighted by atomic mass is 10.1. The molecule has 0 heterocycles. The van der Waals surface area contributed by atoms with Crippen molar-refractivity contribution >= 4 is 0 Å². The predicted molar refractivity (Wildman–Crippen MR) is 69.7 cm³/mol. The Bertz CT molecular complexity index is 367. The van der Waals surface area contributed by atoms with Crippen LogP contribution in [0.5, 0.6) is 11.5 Å². The van der Waals surface area contributed by atoms with Crippen LogP contribution in [-0.4, -0.2) is 39.3 Å². The topological polar surface area (TPSA) is 47.7 Å². The molecule has 0 aliphatic carbocycles. The lowest BCUT2D eigenvalue weighted by Crippen LogP contribution is -2.25. The molecule has 1 rings (SSSR count). The van der Waals surface area contributed by atoms with Crippen LogP contribution in [0.2, 0.25) is 0 Å². The van der Waals surface area contributed by atoms with E-state index < -0.39 is 0 Å². The van der Waals surface area contributed by atoms with Crippen molar-refractivity contribution < 1.29 is 9.47 Å². The second-order valence-corrected chi connectivity index (χ2v) is 4.15. The molecule has 0 saturated heterocycles.